The lowest BCUT2D eigenvalue weighted by Gasteiger charge is -2.36. The van der Waals surface area contributed by atoms with Crippen LogP contribution in [-0.2, 0) is 0 Å². The lowest BCUT2D eigenvalue weighted by atomic mass is 10.2. The van der Waals surface area contributed by atoms with Gasteiger partial charge in [-0.2, -0.15) is 5.10 Å². The Kier molecular flexibility index (Phi) is 3.48. The van der Waals surface area contributed by atoms with Gasteiger partial charge in [0.25, 0.3) is 5.91 Å². The molecule has 1 N–H and O–H groups in total. The second-order valence-electron chi connectivity index (χ2n) is 5.04. The molecule has 2 aromatic heterocycles. The van der Waals surface area contributed by atoms with E-state index in [0.717, 1.165) is 42.4 Å². The summed E-state index contributed by atoms with van der Waals surface area (Å²) in [6.45, 7) is 7.30. The summed E-state index contributed by atoms with van der Waals surface area (Å²) in [4.78, 5) is 17.4. The lowest BCUT2D eigenvalue weighted by Crippen LogP contribution is -2.48. The van der Waals surface area contributed by atoms with E-state index in [9.17, 15) is 4.79 Å². The number of amides is 1. The van der Waals surface area contributed by atoms with Crippen molar-refractivity contribution in [3.63, 3.8) is 0 Å². The second kappa shape index (κ2) is 5.28. The minimum absolute atomic E-state index is 0.153. The third kappa shape index (κ3) is 2.31. The summed E-state index contributed by atoms with van der Waals surface area (Å²) in [5.41, 5.74) is 3.31. The van der Waals surface area contributed by atoms with Crippen molar-refractivity contribution in [1.82, 2.24) is 15.1 Å². The van der Waals surface area contributed by atoms with Crippen LogP contribution in [0.2, 0.25) is 0 Å². The first-order valence-corrected chi connectivity index (χ1v) is 7.64. The van der Waals surface area contributed by atoms with Crippen molar-refractivity contribution in [2.24, 2.45) is 0 Å². The average molecular weight is 290 g/mol. The fourth-order valence-electron chi connectivity index (χ4n) is 2.70. The van der Waals surface area contributed by atoms with Crippen LogP contribution < -0.4 is 4.90 Å². The van der Waals surface area contributed by atoms with Crippen molar-refractivity contribution < 1.29 is 4.79 Å². The molecule has 0 spiro atoms. The van der Waals surface area contributed by atoms with E-state index in [2.05, 4.69) is 15.1 Å². The van der Waals surface area contributed by atoms with Gasteiger partial charge < -0.3 is 9.80 Å². The molecule has 0 bridgehead atoms. The number of nitrogens with one attached hydrogen (secondary N) is 1. The molecule has 6 heteroatoms. The largest absolute Gasteiger partial charge is 0.365 e. The molecule has 106 valence electrons. The van der Waals surface area contributed by atoms with E-state index in [1.807, 2.05) is 36.3 Å². The molecule has 3 rings (SSSR count). The summed E-state index contributed by atoms with van der Waals surface area (Å²) in [5.74, 6) is 0.153. The van der Waals surface area contributed by atoms with E-state index in [-0.39, 0.29) is 5.91 Å². The molecular formula is C14H18N4OS. The summed E-state index contributed by atoms with van der Waals surface area (Å²) in [6.07, 6.45) is 0. The van der Waals surface area contributed by atoms with Gasteiger partial charge in [-0.05, 0) is 25.3 Å². The third-order valence-electron chi connectivity index (χ3n) is 3.70. The Morgan fingerprint density at radius 2 is 2.05 bits per heavy atom. The Morgan fingerprint density at radius 1 is 1.30 bits per heavy atom. The fourth-order valence-corrected chi connectivity index (χ4v) is 3.39. The van der Waals surface area contributed by atoms with Crippen LogP contribution in [0.1, 0.15) is 21.1 Å². The molecular weight excluding hydrogens is 272 g/mol. The summed E-state index contributed by atoms with van der Waals surface area (Å²) >= 11 is 1.51. The van der Waals surface area contributed by atoms with Crippen LogP contribution in [0.15, 0.2) is 17.5 Å². The van der Waals surface area contributed by atoms with Gasteiger partial charge in [0.05, 0.1) is 22.0 Å². The van der Waals surface area contributed by atoms with Gasteiger partial charge in [-0.25, -0.2) is 0 Å². The number of aryl methyl sites for hydroxylation is 2. The average Bonchev–Trinajstić information content (AvgIpc) is 3.09. The molecule has 3 heterocycles. The first-order chi connectivity index (χ1) is 9.66. The van der Waals surface area contributed by atoms with Crippen LogP contribution in [0.4, 0.5) is 5.69 Å². The van der Waals surface area contributed by atoms with Crippen LogP contribution >= 0.6 is 11.3 Å². The summed E-state index contributed by atoms with van der Waals surface area (Å²) in [7, 11) is 0. The number of hydrogen-bond donors (Lipinski definition) is 1. The maximum absolute atomic E-state index is 12.3. The van der Waals surface area contributed by atoms with Crippen LogP contribution in [-0.4, -0.2) is 47.2 Å². The number of thiophene rings is 1. The number of aromatic amines is 1. The number of rotatable bonds is 2. The zero-order valence-electron chi connectivity index (χ0n) is 11.7. The van der Waals surface area contributed by atoms with E-state index < -0.39 is 0 Å². The topological polar surface area (TPSA) is 52.2 Å². The molecule has 0 saturated carbocycles. The highest BCUT2D eigenvalue weighted by atomic mass is 32.1. The zero-order valence-corrected chi connectivity index (χ0v) is 12.5. The Hall–Kier alpha value is -1.82. The van der Waals surface area contributed by atoms with Crippen LogP contribution in [0.5, 0.6) is 0 Å². The van der Waals surface area contributed by atoms with Gasteiger partial charge in [0.1, 0.15) is 0 Å². The van der Waals surface area contributed by atoms with E-state index >= 15 is 0 Å². The standard InChI is InChI=1S/C14H18N4OS/c1-10-13(11(2)16-15-10)17-5-7-18(8-6-17)14(19)12-4-3-9-20-12/h3-4,9H,5-8H2,1-2H3,(H,15,16). The van der Waals surface area contributed by atoms with Crippen LogP contribution in [0.25, 0.3) is 0 Å². The number of aromatic nitrogens is 2. The number of carbonyl (C=O) groups is 1. The predicted octanol–water partition coefficient (Wildman–Crippen LogP) is 2.05. The fraction of sp³-hybridized carbons (Fsp3) is 0.429. The number of piperazine rings is 1. The number of H-pyrrole nitrogens is 1. The van der Waals surface area contributed by atoms with Crippen molar-refractivity contribution in [2.75, 3.05) is 31.1 Å². The van der Waals surface area contributed by atoms with Crippen molar-refractivity contribution in [2.45, 2.75) is 13.8 Å². The molecule has 1 aliphatic heterocycles. The Bertz CT molecular complexity index is 577. The Labute approximate surface area is 122 Å². The maximum atomic E-state index is 12.3. The minimum atomic E-state index is 0.153. The Morgan fingerprint density at radius 3 is 2.60 bits per heavy atom. The first kappa shape index (κ1) is 13.2. The smallest absolute Gasteiger partial charge is 0.264 e. The van der Waals surface area contributed by atoms with Crippen molar-refractivity contribution in [1.29, 1.82) is 0 Å². The first-order valence-electron chi connectivity index (χ1n) is 6.76. The maximum Gasteiger partial charge on any atom is 0.264 e. The predicted molar refractivity (Wildman–Crippen MR) is 80.5 cm³/mol. The molecule has 0 unspecified atom stereocenters. The third-order valence-corrected chi connectivity index (χ3v) is 4.56. The summed E-state index contributed by atoms with van der Waals surface area (Å²) in [5, 5.41) is 9.21. The van der Waals surface area contributed by atoms with Crippen molar-refractivity contribution >= 4 is 22.9 Å². The lowest BCUT2D eigenvalue weighted by molar-refractivity contribution is 0.0751. The van der Waals surface area contributed by atoms with Gasteiger partial charge in [0.2, 0.25) is 0 Å². The molecule has 0 atom stereocenters. The molecule has 1 amide bonds. The van der Waals surface area contributed by atoms with Gasteiger partial charge in [-0.1, -0.05) is 6.07 Å². The van der Waals surface area contributed by atoms with Gasteiger partial charge in [0, 0.05) is 26.2 Å². The molecule has 2 aromatic rings. The van der Waals surface area contributed by atoms with Crippen molar-refractivity contribution in [3.05, 3.63) is 33.8 Å². The highest BCUT2D eigenvalue weighted by Crippen LogP contribution is 2.24. The molecule has 0 radical (unpaired) electrons. The Balaban J connectivity index is 1.67. The van der Waals surface area contributed by atoms with Crippen LogP contribution in [0, 0.1) is 13.8 Å². The monoisotopic (exact) mass is 290 g/mol. The van der Waals surface area contributed by atoms with Crippen molar-refractivity contribution in [3.8, 4) is 0 Å². The molecule has 0 aromatic carbocycles. The van der Waals surface area contributed by atoms with Gasteiger partial charge in [0.15, 0.2) is 0 Å². The zero-order chi connectivity index (χ0) is 14.1. The molecule has 0 aliphatic carbocycles. The normalized spacial score (nSPS) is 15.7. The SMILES string of the molecule is Cc1n[nH]c(C)c1N1CCN(C(=O)c2cccs2)CC1. The van der Waals surface area contributed by atoms with Gasteiger partial charge in [-0.15, -0.1) is 11.3 Å². The minimum Gasteiger partial charge on any atom is -0.365 e. The quantitative estimate of drug-likeness (QED) is 0.921. The summed E-state index contributed by atoms with van der Waals surface area (Å²) < 4.78 is 0. The number of hydrogen-bond acceptors (Lipinski definition) is 4. The molecule has 1 aliphatic rings. The highest BCUT2D eigenvalue weighted by molar-refractivity contribution is 7.12. The van der Waals surface area contributed by atoms with E-state index in [1.165, 1.54) is 17.0 Å². The number of anilines is 1. The molecule has 1 saturated heterocycles. The second-order valence-corrected chi connectivity index (χ2v) is 5.99. The molecule has 20 heavy (non-hydrogen) atoms. The van der Waals surface area contributed by atoms with Crippen LogP contribution in [0.3, 0.4) is 0 Å². The summed E-state index contributed by atoms with van der Waals surface area (Å²) in [6, 6.07) is 3.82. The number of nitrogens with zero attached hydrogens (tertiary/aromatic N) is 3. The molecule has 5 nitrogen and oxygen atoms in total. The van der Waals surface area contributed by atoms with Gasteiger partial charge >= 0.3 is 0 Å². The highest BCUT2D eigenvalue weighted by Gasteiger charge is 2.24. The van der Waals surface area contributed by atoms with Gasteiger partial charge in [-0.3, -0.25) is 9.89 Å². The van der Waals surface area contributed by atoms with E-state index in [0.29, 0.717) is 0 Å². The molecule has 1 fully saturated rings. The van der Waals surface area contributed by atoms with E-state index in [4.69, 9.17) is 0 Å². The number of carbonyl (C=O) groups excluding carboxylic acids is 1. The van der Waals surface area contributed by atoms with E-state index in [1.54, 1.807) is 0 Å².